The van der Waals surface area contributed by atoms with E-state index in [1.54, 1.807) is 0 Å². The van der Waals surface area contributed by atoms with E-state index < -0.39 is 0 Å². The molecule has 1 heteroatoms. The summed E-state index contributed by atoms with van der Waals surface area (Å²) in [5.41, 5.74) is -0.297. The third-order valence-electron chi connectivity index (χ3n) is 4.86. The molecule has 1 fully saturated rings. The van der Waals surface area contributed by atoms with Crippen LogP contribution in [0.1, 0.15) is 97.3 Å². The fourth-order valence-corrected chi connectivity index (χ4v) is 3.28. The summed E-state index contributed by atoms with van der Waals surface area (Å²) >= 11 is 0. The van der Waals surface area contributed by atoms with Crippen LogP contribution in [0.4, 0.5) is 0 Å². The number of rotatable bonds is 9. The van der Waals surface area contributed by atoms with Gasteiger partial charge in [-0.3, -0.25) is 0 Å². The first-order valence-corrected chi connectivity index (χ1v) is 8.42. The Kier molecular flexibility index (Phi) is 7.97. The highest BCUT2D eigenvalue weighted by Gasteiger charge is 2.31. The van der Waals surface area contributed by atoms with E-state index in [1.165, 1.54) is 64.2 Å². The van der Waals surface area contributed by atoms with Gasteiger partial charge in [0, 0.05) is 0 Å². The van der Waals surface area contributed by atoms with Crippen LogP contribution in [0.25, 0.3) is 0 Å². The molecule has 0 unspecified atom stereocenters. The van der Waals surface area contributed by atoms with Crippen LogP contribution in [0.3, 0.4) is 0 Å². The Bertz CT molecular complexity index is 192. The number of hydrogen-bond acceptors (Lipinski definition) is 1. The summed E-state index contributed by atoms with van der Waals surface area (Å²) in [4.78, 5) is 0. The highest BCUT2D eigenvalue weighted by molar-refractivity contribution is 4.84. The van der Waals surface area contributed by atoms with Gasteiger partial charge >= 0.3 is 0 Å². The highest BCUT2D eigenvalue weighted by atomic mass is 16.3. The fourth-order valence-electron chi connectivity index (χ4n) is 3.28. The summed E-state index contributed by atoms with van der Waals surface area (Å²) in [5, 5.41) is 10.5. The molecule has 0 amide bonds. The van der Waals surface area contributed by atoms with E-state index in [4.69, 9.17) is 0 Å². The van der Waals surface area contributed by atoms with Crippen LogP contribution in [-0.4, -0.2) is 10.7 Å². The van der Waals surface area contributed by atoms with Crippen molar-refractivity contribution >= 4 is 0 Å². The van der Waals surface area contributed by atoms with E-state index in [1.807, 2.05) is 0 Å². The summed E-state index contributed by atoms with van der Waals surface area (Å²) in [6, 6.07) is 0. The van der Waals surface area contributed by atoms with E-state index in [0.29, 0.717) is 0 Å². The van der Waals surface area contributed by atoms with Crippen LogP contribution in [0.15, 0.2) is 0 Å². The molecule has 0 aromatic carbocycles. The Balaban J connectivity index is 2.01. The molecule has 1 saturated carbocycles. The smallest absolute Gasteiger partial charge is 0.0648 e. The predicted octanol–water partition coefficient (Wildman–Crippen LogP) is 5.46. The molecule has 0 aromatic rings. The normalized spacial score (nSPS) is 28.5. The minimum Gasteiger partial charge on any atom is -0.390 e. The van der Waals surface area contributed by atoms with E-state index in [2.05, 4.69) is 13.8 Å². The standard InChI is InChI=1S/C17H34O/c1-3-5-6-7-8-9-10-13-17(18)14-11-16(4-2)12-15-17/h16,18H,3-15H2,1-2H3. The molecule has 0 heterocycles. The molecule has 0 aliphatic heterocycles. The van der Waals surface area contributed by atoms with Gasteiger partial charge in [0.25, 0.3) is 0 Å². The van der Waals surface area contributed by atoms with Crippen molar-refractivity contribution in [1.29, 1.82) is 0 Å². The molecule has 0 atom stereocenters. The molecular formula is C17H34O. The first-order chi connectivity index (χ1) is 8.70. The number of hydrogen-bond donors (Lipinski definition) is 1. The van der Waals surface area contributed by atoms with Crippen molar-refractivity contribution in [1.82, 2.24) is 0 Å². The lowest BCUT2D eigenvalue weighted by atomic mass is 9.75. The zero-order chi connectivity index (χ0) is 13.3. The Labute approximate surface area is 114 Å². The van der Waals surface area contributed by atoms with Crippen LogP contribution < -0.4 is 0 Å². The molecule has 0 spiro atoms. The highest BCUT2D eigenvalue weighted by Crippen LogP contribution is 2.36. The first-order valence-electron chi connectivity index (χ1n) is 8.42. The molecule has 18 heavy (non-hydrogen) atoms. The molecule has 1 aliphatic carbocycles. The summed E-state index contributed by atoms with van der Waals surface area (Å²) in [6.45, 7) is 4.55. The minimum atomic E-state index is -0.297. The fraction of sp³-hybridized carbons (Fsp3) is 1.00. The summed E-state index contributed by atoms with van der Waals surface area (Å²) < 4.78 is 0. The Morgan fingerprint density at radius 2 is 1.44 bits per heavy atom. The van der Waals surface area contributed by atoms with Crippen molar-refractivity contribution in [2.24, 2.45) is 5.92 Å². The number of unbranched alkanes of at least 4 members (excludes halogenated alkanes) is 6. The molecule has 0 aromatic heterocycles. The SMILES string of the molecule is CCCCCCCCCC1(O)CCC(CC)CC1. The molecule has 1 rings (SSSR count). The van der Waals surface area contributed by atoms with Gasteiger partial charge in [0.05, 0.1) is 5.60 Å². The van der Waals surface area contributed by atoms with Gasteiger partial charge in [-0.1, -0.05) is 65.2 Å². The van der Waals surface area contributed by atoms with Crippen molar-refractivity contribution in [2.45, 2.75) is 103 Å². The lowest BCUT2D eigenvalue weighted by Crippen LogP contribution is -2.33. The van der Waals surface area contributed by atoms with Gasteiger partial charge in [-0.15, -0.1) is 0 Å². The average molecular weight is 254 g/mol. The number of aliphatic hydroxyl groups is 1. The largest absolute Gasteiger partial charge is 0.390 e. The van der Waals surface area contributed by atoms with Gasteiger partial charge in [0.15, 0.2) is 0 Å². The van der Waals surface area contributed by atoms with Gasteiger partial charge in [0.2, 0.25) is 0 Å². The zero-order valence-electron chi connectivity index (χ0n) is 12.7. The average Bonchev–Trinajstić information content (AvgIpc) is 2.39. The second-order valence-electron chi connectivity index (χ2n) is 6.45. The third kappa shape index (κ3) is 6.22. The molecule has 1 N–H and O–H groups in total. The van der Waals surface area contributed by atoms with Crippen LogP contribution in [0.5, 0.6) is 0 Å². The van der Waals surface area contributed by atoms with Gasteiger partial charge in [-0.25, -0.2) is 0 Å². The lowest BCUT2D eigenvalue weighted by Gasteiger charge is -2.36. The van der Waals surface area contributed by atoms with Gasteiger partial charge in [-0.2, -0.15) is 0 Å². The maximum Gasteiger partial charge on any atom is 0.0648 e. The summed E-state index contributed by atoms with van der Waals surface area (Å²) in [7, 11) is 0. The second-order valence-corrected chi connectivity index (χ2v) is 6.45. The van der Waals surface area contributed by atoms with Gasteiger partial charge in [0.1, 0.15) is 0 Å². The quantitative estimate of drug-likeness (QED) is 0.542. The maximum absolute atomic E-state index is 10.5. The Morgan fingerprint density at radius 3 is 2.00 bits per heavy atom. The van der Waals surface area contributed by atoms with Crippen LogP contribution in [0, 0.1) is 5.92 Å². The summed E-state index contributed by atoms with van der Waals surface area (Å²) in [5.74, 6) is 0.888. The topological polar surface area (TPSA) is 20.2 Å². The molecule has 1 aliphatic rings. The van der Waals surface area contributed by atoms with Crippen molar-refractivity contribution in [2.75, 3.05) is 0 Å². The molecular weight excluding hydrogens is 220 g/mol. The van der Waals surface area contributed by atoms with Gasteiger partial charge in [-0.05, 0) is 38.0 Å². The lowest BCUT2D eigenvalue weighted by molar-refractivity contribution is -0.0188. The monoisotopic (exact) mass is 254 g/mol. The first kappa shape index (κ1) is 16.0. The van der Waals surface area contributed by atoms with Crippen molar-refractivity contribution in [3.05, 3.63) is 0 Å². The molecule has 0 radical (unpaired) electrons. The van der Waals surface area contributed by atoms with Crippen molar-refractivity contribution < 1.29 is 5.11 Å². The molecule has 0 saturated heterocycles. The zero-order valence-corrected chi connectivity index (χ0v) is 12.7. The molecule has 108 valence electrons. The van der Waals surface area contributed by atoms with E-state index >= 15 is 0 Å². The van der Waals surface area contributed by atoms with Crippen LogP contribution in [0.2, 0.25) is 0 Å². The summed E-state index contributed by atoms with van der Waals surface area (Å²) in [6.07, 6.45) is 16.4. The van der Waals surface area contributed by atoms with Crippen molar-refractivity contribution in [3.8, 4) is 0 Å². The van der Waals surface area contributed by atoms with Crippen LogP contribution in [-0.2, 0) is 0 Å². The van der Waals surface area contributed by atoms with E-state index in [0.717, 1.165) is 25.2 Å². The van der Waals surface area contributed by atoms with E-state index in [-0.39, 0.29) is 5.60 Å². The van der Waals surface area contributed by atoms with Crippen molar-refractivity contribution in [3.63, 3.8) is 0 Å². The molecule has 0 bridgehead atoms. The maximum atomic E-state index is 10.5. The van der Waals surface area contributed by atoms with Gasteiger partial charge < -0.3 is 5.11 Å². The second kappa shape index (κ2) is 8.96. The Morgan fingerprint density at radius 1 is 0.889 bits per heavy atom. The Hall–Kier alpha value is -0.0400. The predicted molar refractivity (Wildman–Crippen MR) is 79.8 cm³/mol. The van der Waals surface area contributed by atoms with E-state index in [9.17, 15) is 5.11 Å². The minimum absolute atomic E-state index is 0.297. The molecule has 1 nitrogen and oxygen atoms in total. The third-order valence-corrected chi connectivity index (χ3v) is 4.86. The van der Waals surface area contributed by atoms with Crippen LogP contribution >= 0.6 is 0 Å².